The molecule has 1 aliphatic rings. The number of nitrogens with zero attached hydrogens (tertiary/aromatic N) is 1. The Morgan fingerprint density at radius 1 is 1.26 bits per heavy atom. The highest BCUT2D eigenvalue weighted by atomic mass is 19.1. The number of carbonyl (C=O) groups is 1. The number of amides is 1. The first kappa shape index (κ1) is 17.7. The SMILES string of the molecule is COC1C(F)C(OC)(OC)CCN1C(=O)OCc1ccccc1. The van der Waals surface area contributed by atoms with Crippen molar-refractivity contribution in [2.45, 2.75) is 31.2 Å². The van der Waals surface area contributed by atoms with E-state index in [0.29, 0.717) is 0 Å². The van der Waals surface area contributed by atoms with Crippen molar-refractivity contribution in [2.24, 2.45) is 0 Å². The van der Waals surface area contributed by atoms with Crippen LogP contribution in [0, 0.1) is 0 Å². The molecule has 1 aromatic rings. The number of rotatable bonds is 5. The van der Waals surface area contributed by atoms with Crippen LogP contribution >= 0.6 is 0 Å². The molecule has 1 aromatic carbocycles. The molecule has 128 valence electrons. The fourth-order valence-corrected chi connectivity index (χ4v) is 2.67. The molecule has 2 atom stereocenters. The Morgan fingerprint density at radius 2 is 1.91 bits per heavy atom. The number of halogens is 1. The molecule has 0 bridgehead atoms. The molecule has 1 aliphatic heterocycles. The molecular weight excluding hydrogens is 305 g/mol. The molecule has 1 heterocycles. The second kappa shape index (κ2) is 7.72. The number of alkyl halides is 1. The molecule has 0 saturated carbocycles. The van der Waals surface area contributed by atoms with Gasteiger partial charge in [0, 0.05) is 34.3 Å². The maximum atomic E-state index is 14.7. The van der Waals surface area contributed by atoms with Crippen molar-refractivity contribution in [3.05, 3.63) is 35.9 Å². The average molecular weight is 327 g/mol. The number of likely N-dealkylation sites (tertiary alicyclic amines) is 1. The maximum Gasteiger partial charge on any atom is 0.412 e. The van der Waals surface area contributed by atoms with Crippen LogP contribution in [0.15, 0.2) is 30.3 Å². The van der Waals surface area contributed by atoms with Gasteiger partial charge in [-0.1, -0.05) is 30.3 Å². The van der Waals surface area contributed by atoms with E-state index in [4.69, 9.17) is 18.9 Å². The van der Waals surface area contributed by atoms with E-state index in [1.54, 1.807) is 0 Å². The number of carbonyl (C=O) groups excluding carboxylic acids is 1. The first-order valence-electron chi connectivity index (χ1n) is 7.32. The fourth-order valence-electron chi connectivity index (χ4n) is 2.67. The molecule has 7 heteroatoms. The lowest BCUT2D eigenvalue weighted by Gasteiger charge is -2.45. The first-order valence-corrected chi connectivity index (χ1v) is 7.32. The molecule has 1 amide bonds. The minimum atomic E-state index is -1.65. The molecule has 0 radical (unpaired) electrons. The zero-order chi connectivity index (χ0) is 16.9. The molecule has 0 N–H and O–H groups in total. The summed E-state index contributed by atoms with van der Waals surface area (Å²) in [5.74, 6) is -1.42. The summed E-state index contributed by atoms with van der Waals surface area (Å²) >= 11 is 0. The molecular formula is C16H22FNO5. The summed E-state index contributed by atoms with van der Waals surface area (Å²) in [4.78, 5) is 13.5. The standard InChI is InChI=1S/C16H22FNO5/c1-20-14-13(17)16(21-2,22-3)9-10-18(14)15(19)23-11-12-7-5-4-6-8-12/h4-8,13-14H,9-11H2,1-3H3. The van der Waals surface area contributed by atoms with Crippen molar-refractivity contribution in [3.8, 4) is 0 Å². The summed E-state index contributed by atoms with van der Waals surface area (Å²) in [6.07, 6.45) is -3.24. The Bertz CT molecular complexity index is 508. The second-order valence-corrected chi connectivity index (χ2v) is 5.23. The van der Waals surface area contributed by atoms with E-state index in [9.17, 15) is 9.18 Å². The normalized spacial score (nSPS) is 23.6. The fraction of sp³-hybridized carbons (Fsp3) is 0.562. The third-order valence-corrected chi connectivity index (χ3v) is 4.05. The van der Waals surface area contributed by atoms with Gasteiger partial charge in [0.05, 0.1) is 0 Å². The lowest BCUT2D eigenvalue weighted by atomic mass is 10.00. The number of piperidine rings is 1. The molecule has 2 rings (SSSR count). The van der Waals surface area contributed by atoms with Gasteiger partial charge in [0.1, 0.15) is 6.61 Å². The van der Waals surface area contributed by atoms with Crippen LogP contribution in [0.1, 0.15) is 12.0 Å². The molecule has 0 spiro atoms. The lowest BCUT2D eigenvalue weighted by Crippen LogP contribution is -2.63. The minimum Gasteiger partial charge on any atom is -0.444 e. The summed E-state index contributed by atoms with van der Waals surface area (Å²) in [5, 5.41) is 0. The van der Waals surface area contributed by atoms with Gasteiger partial charge < -0.3 is 18.9 Å². The summed E-state index contributed by atoms with van der Waals surface area (Å²) in [5.41, 5.74) is 0.853. The zero-order valence-electron chi connectivity index (χ0n) is 13.5. The Morgan fingerprint density at radius 3 is 2.48 bits per heavy atom. The van der Waals surface area contributed by atoms with Gasteiger partial charge in [-0.3, -0.25) is 4.90 Å². The zero-order valence-corrected chi connectivity index (χ0v) is 13.5. The summed E-state index contributed by atoms with van der Waals surface area (Å²) in [6.45, 7) is 0.317. The van der Waals surface area contributed by atoms with Crippen molar-refractivity contribution in [2.75, 3.05) is 27.9 Å². The van der Waals surface area contributed by atoms with Crippen LogP contribution in [-0.4, -0.2) is 57.1 Å². The Labute approximate surface area is 135 Å². The summed E-state index contributed by atoms with van der Waals surface area (Å²) < 4.78 is 35.4. The largest absolute Gasteiger partial charge is 0.444 e. The lowest BCUT2D eigenvalue weighted by molar-refractivity contribution is -0.295. The van der Waals surface area contributed by atoms with Crippen molar-refractivity contribution in [1.82, 2.24) is 4.90 Å². The molecule has 23 heavy (non-hydrogen) atoms. The monoisotopic (exact) mass is 327 g/mol. The van der Waals surface area contributed by atoms with E-state index in [1.165, 1.54) is 26.2 Å². The highest BCUT2D eigenvalue weighted by Crippen LogP contribution is 2.34. The van der Waals surface area contributed by atoms with Crippen molar-refractivity contribution >= 4 is 6.09 Å². The van der Waals surface area contributed by atoms with E-state index < -0.39 is 24.3 Å². The van der Waals surface area contributed by atoms with Crippen LogP contribution in [0.25, 0.3) is 0 Å². The smallest absolute Gasteiger partial charge is 0.412 e. The quantitative estimate of drug-likeness (QED) is 0.777. The van der Waals surface area contributed by atoms with E-state index in [1.807, 2.05) is 30.3 Å². The molecule has 1 fully saturated rings. The number of methoxy groups -OCH3 is 3. The van der Waals surface area contributed by atoms with Gasteiger partial charge in [-0.2, -0.15) is 0 Å². The Hall–Kier alpha value is -1.70. The second-order valence-electron chi connectivity index (χ2n) is 5.23. The maximum absolute atomic E-state index is 14.7. The highest BCUT2D eigenvalue weighted by molar-refractivity contribution is 5.68. The summed E-state index contributed by atoms with van der Waals surface area (Å²) in [7, 11) is 4.06. The van der Waals surface area contributed by atoms with Gasteiger partial charge in [-0.15, -0.1) is 0 Å². The van der Waals surface area contributed by atoms with E-state index in [0.717, 1.165) is 5.56 Å². The van der Waals surface area contributed by atoms with Crippen LogP contribution in [0.2, 0.25) is 0 Å². The predicted molar refractivity (Wildman–Crippen MR) is 80.4 cm³/mol. The van der Waals surface area contributed by atoms with Crippen LogP contribution in [0.3, 0.4) is 0 Å². The molecule has 2 unspecified atom stereocenters. The van der Waals surface area contributed by atoms with Crippen molar-refractivity contribution < 1.29 is 28.1 Å². The van der Waals surface area contributed by atoms with Crippen LogP contribution in [0.4, 0.5) is 9.18 Å². The van der Waals surface area contributed by atoms with Gasteiger partial charge in [0.2, 0.25) is 5.79 Å². The van der Waals surface area contributed by atoms with Crippen LogP contribution < -0.4 is 0 Å². The van der Waals surface area contributed by atoms with Gasteiger partial charge in [0.15, 0.2) is 12.4 Å². The number of ether oxygens (including phenoxy) is 4. The number of hydrogen-bond donors (Lipinski definition) is 0. The van der Waals surface area contributed by atoms with E-state index in [2.05, 4.69) is 0 Å². The molecule has 1 saturated heterocycles. The Kier molecular flexibility index (Phi) is 5.92. The third kappa shape index (κ3) is 3.63. The van der Waals surface area contributed by atoms with Crippen molar-refractivity contribution in [1.29, 1.82) is 0 Å². The van der Waals surface area contributed by atoms with E-state index >= 15 is 0 Å². The third-order valence-electron chi connectivity index (χ3n) is 4.05. The minimum absolute atomic E-state index is 0.114. The van der Waals surface area contributed by atoms with Crippen molar-refractivity contribution in [3.63, 3.8) is 0 Å². The molecule has 0 aromatic heterocycles. The van der Waals surface area contributed by atoms with Gasteiger partial charge in [0.25, 0.3) is 0 Å². The predicted octanol–water partition coefficient (Wildman–Crippen LogP) is 2.33. The van der Waals surface area contributed by atoms with Gasteiger partial charge in [-0.25, -0.2) is 9.18 Å². The molecule has 6 nitrogen and oxygen atoms in total. The van der Waals surface area contributed by atoms with Gasteiger partial charge in [-0.05, 0) is 5.56 Å². The van der Waals surface area contributed by atoms with Gasteiger partial charge >= 0.3 is 6.09 Å². The average Bonchev–Trinajstić information content (AvgIpc) is 2.60. The number of benzene rings is 1. The van der Waals surface area contributed by atoms with E-state index in [-0.39, 0.29) is 19.6 Å². The van der Waals surface area contributed by atoms with Crippen LogP contribution in [0.5, 0.6) is 0 Å². The highest BCUT2D eigenvalue weighted by Gasteiger charge is 2.52. The number of hydrogen-bond acceptors (Lipinski definition) is 5. The van der Waals surface area contributed by atoms with Crippen LogP contribution in [-0.2, 0) is 25.6 Å². The Balaban J connectivity index is 2.03. The molecule has 0 aliphatic carbocycles. The topological polar surface area (TPSA) is 57.2 Å². The summed E-state index contributed by atoms with van der Waals surface area (Å²) in [6, 6.07) is 9.27. The first-order chi connectivity index (χ1) is 11.1.